The third-order valence-corrected chi connectivity index (χ3v) is 4.61. The molecule has 0 aromatic carbocycles. The number of halogens is 4. The number of pyridine rings is 2. The summed E-state index contributed by atoms with van der Waals surface area (Å²) in [6.07, 6.45) is 0. The van der Waals surface area contributed by atoms with E-state index >= 15 is 0 Å². The number of amidine groups is 2. The van der Waals surface area contributed by atoms with Crippen molar-refractivity contribution in [2.24, 2.45) is 25.4 Å². The minimum Gasteiger partial charge on any atom is -0.263 e. The fraction of sp³-hybridized carbons (Fsp3) is 0.263. The number of nitrogens with zero attached hydrogens (tertiary/aromatic N) is 6. The molecule has 10 heteroatoms. The van der Waals surface area contributed by atoms with E-state index in [0.717, 1.165) is 12.1 Å². The van der Waals surface area contributed by atoms with Crippen LogP contribution in [-0.2, 0) is 0 Å². The second-order valence-electron chi connectivity index (χ2n) is 6.97. The summed E-state index contributed by atoms with van der Waals surface area (Å²) in [6.45, 7) is 3.76. The highest BCUT2D eigenvalue weighted by molar-refractivity contribution is 6.23. The lowest BCUT2D eigenvalue weighted by Crippen LogP contribution is -2.30. The van der Waals surface area contributed by atoms with Gasteiger partial charge in [-0.15, -0.1) is 0 Å². The van der Waals surface area contributed by atoms with Gasteiger partial charge in [0.15, 0.2) is 0 Å². The first-order valence-electron chi connectivity index (χ1n) is 8.65. The first kappa shape index (κ1) is 19.0. The summed E-state index contributed by atoms with van der Waals surface area (Å²) < 4.78 is 53.9. The molecular formula is C19H14F4N6. The summed E-state index contributed by atoms with van der Waals surface area (Å²) in [6, 6.07) is 4.62. The van der Waals surface area contributed by atoms with Gasteiger partial charge in [0.2, 0.25) is 23.8 Å². The number of rotatable bonds is 4. The van der Waals surface area contributed by atoms with Gasteiger partial charge in [0, 0.05) is 0 Å². The summed E-state index contributed by atoms with van der Waals surface area (Å²) in [5, 5.41) is 0. The zero-order chi connectivity index (χ0) is 20.8. The van der Waals surface area contributed by atoms with Gasteiger partial charge in [0.05, 0.1) is 41.1 Å². The third-order valence-electron chi connectivity index (χ3n) is 4.61. The second kappa shape index (κ2) is 6.94. The molecule has 0 saturated carbocycles. The molecule has 2 aliphatic rings. The van der Waals surface area contributed by atoms with Crippen LogP contribution < -0.4 is 0 Å². The molecule has 0 unspecified atom stereocenters. The van der Waals surface area contributed by atoms with E-state index in [1.54, 1.807) is 13.8 Å². The molecule has 2 aliphatic heterocycles. The van der Waals surface area contributed by atoms with Crippen LogP contribution in [0.5, 0.6) is 0 Å². The van der Waals surface area contributed by atoms with Gasteiger partial charge in [-0.3, -0.25) is 9.98 Å². The van der Waals surface area contributed by atoms with Crippen LogP contribution in [0.15, 0.2) is 44.2 Å². The van der Waals surface area contributed by atoms with Crippen LogP contribution in [0, 0.1) is 29.2 Å². The highest BCUT2D eigenvalue weighted by atomic mass is 19.1. The average Bonchev–Trinajstić information content (AvgIpc) is 3.32. The minimum atomic E-state index is -0.962. The second-order valence-corrected chi connectivity index (χ2v) is 6.97. The summed E-state index contributed by atoms with van der Waals surface area (Å²) in [5.41, 5.74) is -0.0857. The third kappa shape index (κ3) is 3.45. The molecule has 0 saturated heterocycles. The standard InChI is InChI=1S/C19H14F4N6/c1-19(2,17-24-7-11(26-17)9-3-5-13(20)28-15(9)22)18-25-8-12(27-18)10-4-6-14(21)29-16(10)23/h3-6H,7-8H2,1-2H3. The smallest absolute Gasteiger partial charge is 0.224 e. The van der Waals surface area contributed by atoms with Gasteiger partial charge in [0.25, 0.3) is 0 Å². The van der Waals surface area contributed by atoms with Crippen molar-refractivity contribution in [1.29, 1.82) is 0 Å². The van der Waals surface area contributed by atoms with Crippen molar-refractivity contribution >= 4 is 23.1 Å². The van der Waals surface area contributed by atoms with Crippen molar-refractivity contribution in [3.63, 3.8) is 0 Å². The van der Waals surface area contributed by atoms with E-state index in [4.69, 9.17) is 0 Å². The van der Waals surface area contributed by atoms with Crippen molar-refractivity contribution in [1.82, 2.24) is 9.97 Å². The molecule has 0 aliphatic carbocycles. The molecule has 0 radical (unpaired) electrons. The monoisotopic (exact) mass is 402 g/mol. The summed E-state index contributed by atoms with van der Waals surface area (Å²) in [4.78, 5) is 23.7. The lowest BCUT2D eigenvalue weighted by atomic mass is 9.90. The molecular weight excluding hydrogens is 388 g/mol. The predicted octanol–water partition coefficient (Wildman–Crippen LogP) is 3.16. The number of aliphatic imine (C=N–C) groups is 4. The molecule has 148 valence electrons. The van der Waals surface area contributed by atoms with Gasteiger partial charge < -0.3 is 0 Å². The zero-order valence-electron chi connectivity index (χ0n) is 15.4. The van der Waals surface area contributed by atoms with Crippen LogP contribution in [0.4, 0.5) is 17.6 Å². The maximum Gasteiger partial charge on any atom is 0.224 e. The van der Waals surface area contributed by atoms with Crippen molar-refractivity contribution in [3.8, 4) is 0 Å². The van der Waals surface area contributed by atoms with Crippen LogP contribution >= 0.6 is 0 Å². The van der Waals surface area contributed by atoms with Crippen LogP contribution in [0.3, 0.4) is 0 Å². The van der Waals surface area contributed by atoms with Crippen molar-refractivity contribution in [2.75, 3.05) is 13.1 Å². The Balaban J connectivity index is 1.60. The van der Waals surface area contributed by atoms with E-state index in [1.807, 2.05) is 0 Å². The minimum absolute atomic E-state index is 0.0676. The molecule has 2 aromatic rings. The topological polar surface area (TPSA) is 75.2 Å². The molecule has 29 heavy (non-hydrogen) atoms. The molecule has 4 rings (SSSR count). The van der Waals surface area contributed by atoms with E-state index < -0.39 is 29.2 Å². The molecule has 0 N–H and O–H groups in total. The highest BCUT2D eigenvalue weighted by Crippen LogP contribution is 2.28. The van der Waals surface area contributed by atoms with Crippen molar-refractivity contribution < 1.29 is 17.6 Å². The van der Waals surface area contributed by atoms with Crippen molar-refractivity contribution in [3.05, 3.63) is 59.2 Å². The number of hydrogen-bond donors (Lipinski definition) is 0. The van der Waals surface area contributed by atoms with Crippen LogP contribution in [0.1, 0.15) is 25.0 Å². The van der Waals surface area contributed by atoms with Crippen LogP contribution in [0.2, 0.25) is 0 Å². The molecule has 4 heterocycles. The highest BCUT2D eigenvalue weighted by Gasteiger charge is 2.36. The normalized spacial score (nSPS) is 16.5. The van der Waals surface area contributed by atoms with Crippen LogP contribution in [0.25, 0.3) is 0 Å². The molecule has 2 aromatic heterocycles. The maximum absolute atomic E-state index is 13.9. The van der Waals surface area contributed by atoms with Gasteiger partial charge in [-0.1, -0.05) is 0 Å². The SMILES string of the molecule is CC(C)(C1=NCC(c2ccc(F)nc2F)=N1)C1=NCC(c2ccc(F)nc2F)=N1. The number of aromatic nitrogens is 2. The van der Waals surface area contributed by atoms with Crippen molar-refractivity contribution in [2.45, 2.75) is 13.8 Å². The number of hydrogen-bond acceptors (Lipinski definition) is 6. The lowest BCUT2D eigenvalue weighted by Gasteiger charge is -2.20. The Kier molecular flexibility index (Phi) is 4.56. The predicted molar refractivity (Wildman–Crippen MR) is 99.8 cm³/mol. The van der Waals surface area contributed by atoms with Gasteiger partial charge in [-0.25, -0.2) is 9.98 Å². The van der Waals surface area contributed by atoms with Gasteiger partial charge in [-0.05, 0) is 38.1 Å². The Labute approximate surface area is 162 Å². The Morgan fingerprint density at radius 1 is 0.690 bits per heavy atom. The van der Waals surface area contributed by atoms with Gasteiger partial charge >= 0.3 is 0 Å². The zero-order valence-corrected chi connectivity index (χ0v) is 15.4. The molecule has 6 nitrogen and oxygen atoms in total. The van der Waals surface area contributed by atoms with Gasteiger partial charge in [-0.2, -0.15) is 27.5 Å². The van der Waals surface area contributed by atoms with E-state index in [-0.39, 0.29) is 24.2 Å². The average molecular weight is 402 g/mol. The van der Waals surface area contributed by atoms with Gasteiger partial charge in [0.1, 0.15) is 11.7 Å². The largest absolute Gasteiger partial charge is 0.263 e. The summed E-state index contributed by atoms with van der Waals surface area (Å²) >= 11 is 0. The molecule has 0 bridgehead atoms. The molecule has 0 amide bonds. The summed E-state index contributed by atoms with van der Waals surface area (Å²) in [7, 11) is 0. The maximum atomic E-state index is 13.9. The van der Waals surface area contributed by atoms with E-state index in [0.29, 0.717) is 23.1 Å². The molecule has 0 spiro atoms. The Morgan fingerprint density at radius 2 is 1.10 bits per heavy atom. The summed E-state index contributed by atoms with van der Waals surface area (Å²) in [5.74, 6) is -3.05. The lowest BCUT2D eigenvalue weighted by molar-refractivity contribution is 0.510. The fourth-order valence-electron chi connectivity index (χ4n) is 3.02. The van der Waals surface area contributed by atoms with E-state index in [9.17, 15) is 17.6 Å². The molecule has 0 atom stereocenters. The Hall–Kier alpha value is -3.30. The first-order chi connectivity index (χ1) is 13.8. The first-order valence-corrected chi connectivity index (χ1v) is 8.65. The Morgan fingerprint density at radius 3 is 1.48 bits per heavy atom. The molecule has 0 fully saturated rings. The van der Waals surface area contributed by atoms with E-state index in [2.05, 4.69) is 29.9 Å². The quantitative estimate of drug-likeness (QED) is 0.582. The fourth-order valence-corrected chi connectivity index (χ4v) is 3.02. The van der Waals surface area contributed by atoms with E-state index in [1.165, 1.54) is 12.1 Å². The Bertz CT molecular complexity index is 1050. The van der Waals surface area contributed by atoms with Crippen LogP contribution in [-0.4, -0.2) is 46.2 Å².